The number of carbonyl (C=O) groups excluding carboxylic acids is 1. The molecule has 1 aromatic heterocycles. The molecule has 0 bridgehead atoms. The Hall–Kier alpha value is -1.23. The van der Waals surface area contributed by atoms with Crippen LogP contribution < -0.4 is 0 Å². The molecule has 0 N–H and O–H groups in total. The van der Waals surface area contributed by atoms with Gasteiger partial charge in [-0.3, -0.25) is 4.79 Å². The van der Waals surface area contributed by atoms with Crippen LogP contribution >= 0.6 is 0 Å². The second-order valence-corrected chi connectivity index (χ2v) is 4.93. The monoisotopic (exact) mass is 237 g/mol. The second-order valence-electron chi connectivity index (χ2n) is 4.93. The van der Waals surface area contributed by atoms with Crippen LogP contribution in [0.25, 0.3) is 0 Å². The summed E-state index contributed by atoms with van der Waals surface area (Å²) in [5, 5.41) is 8.00. The number of nitrogens with zero attached hydrogens (tertiary/aromatic N) is 3. The van der Waals surface area contributed by atoms with E-state index in [4.69, 9.17) is 4.74 Å². The minimum atomic E-state index is 0.374. The van der Waals surface area contributed by atoms with E-state index < -0.39 is 0 Å². The Labute approximate surface area is 101 Å². The van der Waals surface area contributed by atoms with Crippen LogP contribution in [0.15, 0.2) is 0 Å². The topological polar surface area (TPSA) is 57.0 Å². The van der Waals surface area contributed by atoms with Crippen molar-refractivity contribution in [1.29, 1.82) is 0 Å². The summed E-state index contributed by atoms with van der Waals surface area (Å²) in [6, 6.07) is 0. The lowest BCUT2D eigenvalue weighted by atomic mass is 10.1. The minimum absolute atomic E-state index is 0.374. The van der Waals surface area contributed by atoms with Crippen LogP contribution in [0.1, 0.15) is 35.9 Å². The van der Waals surface area contributed by atoms with Gasteiger partial charge in [-0.2, -0.15) is 0 Å². The largest absolute Gasteiger partial charge is 0.384 e. The van der Waals surface area contributed by atoms with E-state index in [2.05, 4.69) is 17.2 Å². The average molecular weight is 237 g/mol. The van der Waals surface area contributed by atoms with Gasteiger partial charge in [-0.25, -0.2) is 4.68 Å². The molecule has 1 atom stereocenters. The van der Waals surface area contributed by atoms with Crippen LogP contribution in [0.2, 0.25) is 0 Å². The van der Waals surface area contributed by atoms with Crippen molar-refractivity contribution in [3.05, 3.63) is 11.4 Å². The number of aromatic nitrogens is 3. The Balaban J connectivity index is 2.08. The SMILES string of the molecule is COCC(C)Cn1nnc(C=O)c1CC1CC1. The van der Waals surface area contributed by atoms with Crippen molar-refractivity contribution in [3.63, 3.8) is 0 Å². The maximum absolute atomic E-state index is 10.9. The van der Waals surface area contributed by atoms with Gasteiger partial charge in [-0.05, 0) is 31.1 Å². The third-order valence-electron chi connectivity index (χ3n) is 3.09. The van der Waals surface area contributed by atoms with Crippen molar-refractivity contribution in [3.8, 4) is 0 Å². The Morgan fingerprint density at radius 1 is 1.59 bits per heavy atom. The predicted octanol–water partition coefficient (Wildman–Crippen LogP) is 1.33. The Morgan fingerprint density at radius 2 is 2.35 bits per heavy atom. The minimum Gasteiger partial charge on any atom is -0.384 e. The molecule has 1 saturated carbocycles. The van der Waals surface area contributed by atoms with Crippen molar-refractivity contribution < 1.29 is 9.53 Å². The van der Waals surface area contributed by atoms with Gasteiger partial charge in [-0.15, -0.1) is 5.10 Å². The molecular formula is C12H19N3O2. The molecule has 0 aromatic carbocycles. The van der Waals surface area contributed by atoms with E-state index >= 15 is 0 Å². The molecule has 2 rings (SSSR count). The predicted molar refractivity (Wildman–Crippen MR) is 62.9 cm³/mol. The van der Waals surface area contributed by atoms with E-state index in [1.807, 2.05) is 4.68 Å². The molecular weight excluding hydrogens is 218 g/mol. The molecule has 1 heterocycles. The average Bonchev–Trinajstić information content (AvgIpc) is 3.03. The summed E-state index contributed by atoms with van der Waals surface area (Å²) in [4.78, 5) is 10.9. The van der Waals surface area contributed by atoms with Gasteiger partial charge in [0.2, 0.25) is 0 Å². The van der Waals surface area contributed by atoms with Crippen molar-refractivity contribution in [1.82, 2.24) is 15.0 Å². The molecule has 1 aliphatic rings. The fraction of sp³-hybridized carbons (Fsp3) is 0.750. The van der Waals surface area contributed by atoms with E-state index in [1.54, 1.807) is 7.11 Å². The molecule has 5 nitrogen and oxygen atoms in total. The molecule has 1 fully saturated rings. The summed E-state index contributed by atoms with van der Waals surface area (Å²) in [6.45, 7) is 3.56. The fourth-order valence-electron chi connectivity index (χ4n) is 2.02. The lowest BCUT2D eigenvalue weighted by Crippen LogP contribution is -2.16. The third kappa shape index (κ3) is 3.12. The first-order valence-corrected chi connectivity index (χ1v) is 6.11. The fourth-order valence-corrected chi connectivity index (χ4v) is 2.02. The van der Waals surface area contributed by atoms with Crippen molar-refractivity contribution in [2.24, 2.45) is 11.8 Å². The number of aldehydes is 1. The van der Waals surface area contributed by atoms with Gasteiger partial charge in [-0.1, -0.05) is 12.1 Å². The zero-order valence-electron chi connectivity index (χ0n) is 10.4. The van der Waals surface area contributed by atoms with Gasteiger partial charge in [0.05, 0.1) is 12.3 Å². The highest BCUT2D eigenvalue weighted by Crippen LogP contribution is 2.33. The normalized spacial score (nSPS) is 17.1. The Morgan fingerprint density at radius 3 is 2.94 bits per heavy atom. The quantitative estimate of drug-likeness (QED) is 0.671. The molecule has 1 aromatic rings. The Bertz CT molecular complexity index is 385. The van der Waals surface area contributed by atoms with Gasteiger partial charge >= 0.3 is 0 Å². The molecule has 0 saturated heterocycles. The summed E-state index contributed by atoms with van der Waals surface area (Å²) in [6.07, 6.45) is 4.26. The maximum atomic E-state index is 10.9. The van der Waals surface area contributed by atoms with Crippen LogP contribution in [0.4, 0.5) is 0 Å². The summed E-state index contributed by atoms with van der Waals surface area (Å²) in [7, 11) is 1.69. The van der Waals surface area contributed by atoms with Crippen molar-refractivity contribution in [2.45, 2.75) is 32.7 Å². The number of hydrogen-bond donors (Lipinski definition) is 0. The van der Waals surface area contributed by atoms with E-state index in [0.717, 1.165) is 30.9 Å². The summed E-state index contributed by atoms with van der Waals surface area (Å²) < 4.78 is 6.98. The first-order valence-electron chi connectivity index (χ1n) is 6.11. The van der Waals surface area contributed by atoms with E-state index in [1.165, 1.54) is 12.8 Å². The smallest absolute Gasteiger partial charge is 0.172 e. The van der Waals surface area contributed by atoms with Crippen LogP contribution in [0.5, 0.6) is 0 Å². The van der Waals surface area contributed by atoms with Gasteiger partial charge in [0.25, 0.3) is 0 Å². The molecule has 0 spiro atoms. The number of rotatable bonds is 7. The zero-order chi connectivity index (χ0) is 12.3. The summed E-state index contributed by atoms with van der Waals surface area (Å²) in [5.74, 6) is 1.10. The highest BCUT2D eigenvalue weighted by molar-refractivity contribution is 5.73. The molecule has 17 heavy (non-hydrogen) atoms. The molecule has 5 heteroatoms. The van der Waals surface area contributed by atoms with Gasteiger partial charge < -0.3 is 4.74 Å². The van der Waals surface area contributed by atoms with Crippen LogP contribution in [0, 0.1) is 11.8 Å². The van der Waals surface area contributed by atoms with Crippen LogP contribution in [-0.2, 0) is 17.7 Å². The number of methoxy groups -OCH3 is 1. The van der Waals surface area contributed by atoms with Gasteiger partial charge in [0.1, 0.15) is 5.69 Å². The van der Waals surface area contributed by atoms with E-state index in [-0.39, 0.29) is 0 Å². The molecule has 0 radical (unpaired) electrons. The summed E-state index contributed by atoms with van der Waals surface area (Å²) >= 11 is 0. The van der Waals surface area contributed by atoms with E-state index in [0.29, 0.717) is 18.2 Å². The number of ether oxygens (including phenoxy) is 1. The highest BCUT2D eigenvalue weighted by Gasteiger charge is 2.26. The van der Waals surface area contributed by atoms with Gasteiger partial charge in [0.15, 0.2) is 6.29 Å². The van der Waals surface area contributed by atoms with Crippen molar-refractivity contribution >= 4 is 6.29 Å². The number of hydrogen-bond acceptors (Lipinski definition) is 4. The molecule has 94 valence electrons. The standard InChI is InChI=1S/C12H19N3O2/c1-9(8-17-2)6-15-12(5-10-3-4-10)11(7-16)13-14-15/h7,9-10H,3-6,8H2,1-2H3. The van der Waals surface area contributed by atoms with Crippen LogP contribution in [0.3, 0.4) is 0 Å². The van der Waals surface area contributed by atoms with Gasteiger partial charge in [0, 0.05) is 13.7 Å². The molecule has 1 aliphatic carbocycles. The molecule has 1 unspecified atom stereocenters. The zero-order valence-corrected chi connectivity index (χ0v) is 10.4. The highest BCUT2D eigenvalue weighted by atomic mass is 16.5. The maximum Gasteiger partial charge on any atom is 0.172 e. The van der Waals surface area contributed by atoms with E-state index in [9.17, 15) is 4.79 Å². The third-order valence-corrected chi connectivity index (χ3v) is 3.09. The lowest BCUT2D eigenvalue weighted by Gasteiger charge is -2.12. The summed E-state index contributed by atoms with van der Waals surface area (Å²) in [5.41, 5.74) is 1.49. The van der Waals surface area contributed by atoms with Crippen LogP contribution in [-0.4, -0.2) is 35.0 Å². The number of carbonyl (C=O) groups is 1. The first kappa shape index (κ1) is 12.2. The molecule has 0 aliphatic heterocycles. The second kappa shape index (κ2) is 5.40. The first-order chi connectivity index (χ1) is 8.24. The van der Waals surface area contributed by atoms with Crippen molar-refractivity contribution in [2.75, 3.05) is 13.7 Å². The lowest BCUT2D eigenvalue weighted by molar-refractivity contribution is 0.111. The molecule has 0 amide bonds. The Kier molecular flexibility index (Phi) is 3.89.